The van der Waals surface area contributed by atoms with E-state index in [9.17, 15) is 24.6 Å². The molecule has 1 aliphatic carbocycles. The number of esters is 2. The molecule has 138 valence electrons. The van der Waals surface area contributed by atoms with Crippen LogP contribution < -0.4 is 4.74 Å². The number of fused-ring (bicyclic) bond motifs is 2. The third kappa shape index (κ3) is 2.45. The Bertz CT molecular complexity index is 811. The molecule has 0 saturated heterocycles. The number of ketones is 1. The number of hydrogen-bond donors (Lipinski definition) is 2. The number of aliphatic hydroxyl groups is 2. The number of methoxy groups -OCH3 is 1. The Morgan fingerprint density at radius 3 is 2.69 bits per heavy atom. The predicted octanol–water partition coefficient (Wildman–Crippen LogP) is 0.929. The zero-order chi connectivity index (χ0) is 19.1. The molecule has 0 unspecified atom stereocenters. The molecule has 0 spiro atoms. The summed E-state index contributed by atoms with van der Waals surface area (Å²) in [6, 6.07) is 6.34. The van der Waals surface area contributed by atoms with E-state index in [4.69, 9.17) is 9.47 Å². The minimum absolute atomic E-state index is 0.0474. The number of hydrogen-bond acceptors (Lipinski definition) is 8. The Morgan fingerprint density at radius 1 is 1.35 bits per heavy atom. The molecule has 3 atom stereocenters. The topological polar surface area (TPSA) is 119 Å². The van der Waals surface area contributed by atoms with Crippen LogP contribution in [0.15, 0.2) is 35.6 Å². The van der Waals surface area contributed by atoms with Gasteiger partial charge >= 0.3 is 11.9 Å². The van der Waals surface area contributed by atoms with Crippen LogP contribution in [0.3, 0.4) is 0 Å². The van der Waals surface area contributed by atoms with Gasteiger partial charge in [-0.15, -0.1) is 0 Å². The zero-order valence-electron chi connectivity index (χ0n) is 14.2. The predicted molar refractivity (Wildman–Crippen MR) is 86.5 cm³/mol. The number of Topliss-reactive ketones (excluding diaryl/α,β-unsaturated/α-hetero) is 1. The number of ether oxygens (including phenoxy) is 3. The van der Waals surface area contributed by atoms with Crippen LogP contribution >= 0.6 is 0 Å². The highest BCUT2D eigenvalue weighted by atomic mass is 16.6. The molecule has 1 aromatic carbocycles. The molecular formula is C18H18O8. The van der Waals surface area contributed by atoms with Crippen molar-refractivity contribution in [3.8, 4) is 5.75 Å². The molecule has 2 N–H and O–H groups in total. The smallest absolute Gasteiger partial charge is 0.343 e. The fraction of sp³-hybridized carbons (Fsp3) is 0.389. The highest BCUT2D eigenvalue weighted by Crippen LogP contribution is 2.46. The van der Waals surface area contributed by atoms with Crippen molar-refractivity contribution in [3.05, 3.63) is 41.2 Å². The first-order chi connectivity index (χ1) is 12.4. The van der Waals surface area contributed by atoms with Gasteiger partial charge in [0.15, 0.2) is 5.78 Å². The van der Waals surface area contributed by atoms with Crippen molar-refractivity contribution < 1.29 is 38.8 Å². The molecule has 26 heavy (non-hydrogen) atoms. The first kappa shape index (κ1) is 17.9. The Labute approximate surface area is 149 Å². The summed E-state index contributed by atoms with van der Waals surface area (Å²) >= 11 is 0. The van der Waals surface area contributed by atoms with Crippen LogP contribution in [-0.2, 0) is 19.1 Å². The summed E-state index contributed by atoms with van der Waals surface area (Å²) in [7, 11) is 1.01. The fourth-order valence-electron chi connectivity index (χ4n) is 3.49. The number of carbonyl (C=O) groups excluding carboxylic acids is 3. The minimum Gasteiger partial charge on any atom is -0.511 e. The minimum atomic E-state index is -2.72. The lowest BCUT2D eigenvalue weighted by molar-refractivity contribution is -0.171. The van der Waals surface area contributed by atoms with Crippen molar-refractivity contribution in [3.63, 3.8) is 0 Å². The van der Waals surface area contributed by atoms with Gasteiger partial charge in [0.2, 0.25) is 5.60 Å². The average Bonchev–Trinajstić information content (AvgIpc) is 2.60. The molecule has 0 amide bonds. The van der Waals surface area contributed by atoms with Crippen LogP contribution in [0.2, 0.25) is 0 Å². The summed E-state index contributed by atoms with van der Waals surface area (Å²) < 4.78 is 15.2. The van der Waals surface area contributed by atoms with Crippen molar-refractivity contribution in [2.24, 2.45) is 5.92 Å². The van der Waals surface area contributed by atoms with Gasteiger partial charge in [0.05, 0.1) is 19.3 Å². The third-order valence-electron chi connectivity index (χ3n) is 4.58. The maximum absolute atomic E-state index is 13.0. The molecular weight excluding hydrogens is 344 g/mol. The lowest BCUT2D eigenvalue weighted by Gasteiger charge is -2.44. The van der Waals surface area contributed by atoms with Gasteiger partial charge in [-0.05, 0) is 19.1 Å². The van der Waals surface area contributed by atoms with Gasteiger partial charge in [0.1, 0.15) is 29.1 Å². The van der Waals surface area contributed by atoms with Gasteiger partial charge in [0, 0.05) is 6.42 Å². The number of rotatable bonds is 3. The standard InChI is InChI=1S/C18H18O8/c1-3-25-16(21)13-10(19)8-12-14(18(13,23)17(22)24-2)15(20)9-6-4-5-7-11(9)26-12/h4-7,12,14,19,23H,3,8H2,1-2H3/t12-,14-,18-/m0/s1. The first-order valence-corrected chi connectivity index (χ1v) is 8.06. The van der Waals surface area contributed by atoms with E-state index < -0.39 is 46.7 Å². The maximum atomic E-state index is 13.0. The number of benzene rings is 1. The average molecular weight is 362 g/mol. The summed E-state index contributed by atoms with van der Waals surface area (Å²) in [6.07, 6.45) is -1.28. The molecule has 3 rings (SSSR count). The van der Waals surface area contributed by atoms with Crippen molar-refractivity contribution in [1.29, 1.82) is 0 Å². The van der Waals surface area contributed by atoms with E-state index in [0.717, 1.165) is 7.11 Å². The van der Waals surface area contributed by atoms with Gasteiger partial charge in [-0.25, -0.2) is 9.59 Å². The first-order valence-electron chi connectivity index (χ1n) is 8.06. The SMILES string of the molecule is CCOC(=O)C1=C(O)C[C@@H]2Oc3ccccc3C(=O)[C@H]2[C@]1(O)C(=O)OC. The van der Waals surface area contributed by atoms with Crippen molar-refractivity contribution in [2.75, 3.05) is 13.7 Å². The molecule has 1 aromatic rings. The lowest BCUT2D eigenvalue weighted by atomic mass is 9.67. The Morgan fingerprint density at radius 2 is 2.04 bits per heavy atom. The van der Waals surface area contributed by atoms with Gasteiger partial charge in [-0.3, -0.25) is 4.79 Å². The molecule has 2 aliphatic rings. The summed E-state index contributed by atoms with van der Waals surface area (Å²) in [6.45, 7) is 1.48. The second kappa shape index (κ2) is 6.45. The lowest BCUT2D eigenvalue weighted by Crippen LogP contribution is -2.62. The van der Waals surface area contributed by atoms with Crippen molar-refractivity contribution in [1.82, 2.24) is 0 Å². The second-order valence-electron chi connectivity index (χ2n) is 6.00. The quantitative estimate of drug-likeness (QED) is 0.762. The summed E-state index contributed by atoms with van der Waals surface area (Å²) in [5.41, 5.74) is -3.25. The van der Waals surface area contributed by atoms with E-state index in [-0.39, 0.29) is 24.3 Å². The van der Waals surface area contributed by atoms with E-state index in [2.05, 4.69) is 4.74 Å². The number of para-hydroxylation sites is 1. The van der Waals surface area contributed by atoms with Gasteiger partial charge in [-0.2, -0.15) is 0 Å². The summed E-state index contributed by atoms with van der Waals surface area (Å²) in [4.78, 5) is 37.8. The van der Waals surface area contributed by atoms with Crippen LogP contribution in [0.25, 0.3) is 0 Å². The van der Waals surface area contributed by atoms with Gasteiger partial charge in [0.25, 0.3) is 0 Å². The molecule has 0 radical (unpaired) electrons. The molecule has 1 aliphatic heterocycles. The van der Waals surface area contributed by atoms with E-state index in [1.54, 1.807) is 18.2 Å². The Kier molecular flexibility index (Phi) is 4.45. The zero-order valence-corrected chi connectivity index (χ0v) is 14.2. The highest BCUT2D eigenvalue weighted by Gasteiger charge is 2.63. The molecule has 8 nitrogen and oxygen atoms in total. The molecule has 1 heterocycles. The van der Waals surface area contributed by atoms with E-state index in [1.807, 2.05) is 0 Å². The van der Waals surface area contributed by atoms with Crippen LogP contribution in [0.1, 0.15) is 23.7 Å². The molecule has 0 saturated carbocycles. The van der Waals surface area contributed by atoms with E-state index >= 15 is 0 Å². The monoisotopic (exact) mass is 362 g/mol. The maximum Gasteiger partial charge on any atom is 0.343 e. The number of aliphatic hydroxyl groups excluding tert-OH is 1. The van der Waals surface area contributed by atoms with Gasteiger partial charge in [-0.1, -0.05) is 12.1 Å². The molecule has 0 fully saturated rings. The highest BCUT2D eigenvalue weighted by molar-refractivity contribution is 6.10. The molecule has 0 aromatic heterocycles. The van der Waals surface area contributed by atoms with Crippen molar-refractivity contribution in [2.45, 2.75) is 25.0 Å². The van der Waals surface area contributed by atoms with Gasteiger partial charge < -0.3 is 24.4 Å². The van der Waals surface area contributed by atoms with E-state index in [1.165, 1.54) is 13.0 Å². The fourth-order valence-corrected chi connectivity index (χ4v) is 3.49. The van der Waals surface area contributed by atoms with Crippen LogP contribution in [0.4, 0.5) is 0 Å². The van der Waals surface area contributed by atoms with Crippen LogP contribution in [0, 0.1) is 5.92 Å². The third-order valence-corrected chi connectivity index (χ3v) is 4.58. The van der Waals surface area contributed by atoms with Crippen molar-refractivity contribution >= 4 is 17.7 Å². The second-order valence-corrected chi connectivity index (χ2v) is 6.00. The normalized spacial score (nSPS) is 27.1. The summed E-state index contributed by atoms with van der Waals surface area (Å²) in [5.74, 6) is -4.69. The molecule has 0 bridgehead atoms. The van der Waals surface area contributed by atoms with E-state index in [0.29, 0.717) is 0 Å². The van der Waals surface area contributed by atoms with Crippen LogP contribution in [0.5, 0.6) is 5.75 Å². The Balaban J connectivity index is 2.19. The summed E-state index contributed by atoms with van der Waals surface area (Å²) in [5, 5.41) is 21.5. The molecule has 8 heteroatoms. The Hall–Kier alpha value is -2.87. The number of carbonyl (C=O) groups is 3. The van der Waals surface area contributed by atoms with Crippen LogP contribution in [-0.4, -0.2) is 53.4 Å². The largest absolute Gasteiger partial charge is 0.511 e.